The van der Waals surface area contributed by atoms with Crippen LogP contribution in [0.2, 0.25) is 0 Å². The van der Waals surface area contributed by atoms with Gasteiger partial charge in [0.25, 0.3) is 0 Å². The fourth-order valence-corrected chi connectivity index (χ4v) is 0.304. The van der Waals surface area contributed by atoms with E-state index in [2.05, 4.69) is 5.73 Å². The number of aliphatic carboxylic acids is 1. The number of carbonyl (C=O) groups excluding carboxylic acids is 1. The van der Waals surface area contributed by atoms with Gasteiger partial charge < -0.3 is 16.6 Å². The highest BCUT2D eigenvalue weighted by atomic mass is 16.4. The van der Waals surface area contributed by atoms with Crippen LogP contribution in [0.5, 0.6) is 0 Å². The number of primary amides is 1. The molecule has 0 bridgehead atoms. The smallest absolute Gasteiger partial charge is 0.321 e. The number of nitrogens with two attached hydrogens (primary N) is 2. The lowest BCUT2D eigenvalue weighted by atomic mass is 10.2. The summed E-state index contributed by atoms with van der Waals surface area (Å²) in [4.78, 5) is 19.9. The zero-order chi connectivity index (χ0) is 7.44. The molecule has 5 N–H and O–H groups in total. The van der Waals surface area contributed by atoms with Crippen molar-refractivity contribution in [1.29, 1.82) is 0 Å². The number of carboxylic acid groups (broad SMARTS) is 1. The summed E-state index contributed by atoms with van der Waals surface area (Å²) in [5.41, 5.74) is 9.57. The number of hydrogen-bond donors (Lipinski definition) is 3. The summed E-state index contributed by atoms with van der Waals surface area (Å²) in [6.07, 6.45) is -0.310. The molecule has 6 nitrogen and oxygen atoms in total. The summed E-state index contributed by atoms with van der Waals surface area (Å²) >= 11 is 0. The van der Waals surface area contributed by atoms with Crippen molar-refractivity contribution < 1.29 is 20.2 Å². The molecule has 0 saturated carbocycles. The molecular formula is C4H8N2O4. The van der Waals surface area contributed by atoms with E-state index in [4.69, 9.17) is 10.8 Å². The number of amides is 1. The Morgan fingerprint density at radius 3 is 2.00 bits per heavy atom. The van der Waals surface area contributed by atoms with Crippen molar-refractivity contribution in [3.8, 4) is 0 Å². The molecule has 2 radical (unpaired) electrons. The average molecular weight is 148 g/mol. The first kappa shape index (κ1) is 11.6. The van der Waals surface area contributed by atoms with Crippen LogP contribution in [-0.4, -0.2) is 23.0 Å². The Balaban J connectivity index is 0. The van der Waals surface area contributed by atoms with Crippen molar-refractivity contribution in [3.05, 3.63) is 0 Å². The number of carboxylic acids is 1. The van der Waals surface area contributed by atoms with Crippen molar-refractivity contribution in [2.45, 2.75) is 12.5 Å². The molecule has 1 atom stereocenters. The van der Waals surface area contributed by atoms with Crippen molar-refractivity contribution >= 4 is 11.9 Å². The van der Waals surface area contributed by atoms with Gasteiger partial charge in [0, 0.05) is 5.48 Å². The molecule has 0 aromatic heterocycles. The van der Waals surface area contributed by atoms with E-state index in [9.17, 15) is 9.59 Å². The van der Waals surface area contributed by atoms with Gasteiger partial charge in [0.05, 0.1) is 6.42 Å². The maximum atomic E-state index is 9.99. The lowest BCUT2D eigenvalue weighted by Gasteiger charge is -1.99. The largest absolute Gasteiger partial charge is 0.480 e. The van der Waals surface area contributed by atoms with Crippen molar-refractivity contribution in [3.63, 3.8) is 0 Å². The second kappa shape index (κ2) is 4.71. The van der Waals surface area contributed by atoms with Crippen LogP contribution < -0.4 is 11.5 Å². The van der Waals surface area contributed by atoms with Gasteiger partial charge in [-0.3, -0.25) is 9.59 Å². The van der Waals surface area contributed by atoms with Crippen molar-refractivity contribution in [1.82, 2.24) is 0 Å². The minimum atomic E-state index is -1.21. The van der Waals surface area contributed by atoms with Gasteiger partial charge in [-0.25, -0.2) is 0 Å². The monoisotopic (exact) mass is 148 g/mol. The van der Waals surface area contributed by atoms with Gasteiger partial charge in [-0.15, -0.1) is 0 Å². The van der Waals surface area contributed by atoms with Crippen LogP contribution >= 0.6 is 0 Å². The first-order valence-corrected chi connectivity index (χ1v) is 2.30. The zero-order valence-electron chi connectivity index (χ0n) is 5.11. The summed E-state index contributed by atoms with van der Waals surface area (Å²) in [5, 5.41) is 8.10. The highest BCUT2D eigenvalue weighted by Gasteiger charge is 2.13. The van der Waals surface area contributed by atoms with Gasteiger partial charge in [-0.05, 0) is 0 Å². The standard InChI is InChI=1S/C4H8N2O3.O/c5-2(4(8)9)1-3(6)7;/h2H,1,5H2,(H2,6,7)(H,8,9);/t2-;/m0./s1. The van der Waals surface area contributed by atoms with Crippen molar-refractivity contribution in [2.75, 3.05) is 0 Å². The van der Waals surface area contributed by atoms with Gasteiger partial charge in [0.15, 0.2) is 0 Å². The molecule has 6 heteroatoms. The van der Waals surface area contributed by atoms with E-state index in [1.54, 1.807) is 0 Å². The summed E-state index contributed by atoms with van der Waals surface area (Å²) in [5.74, 6) is -1.92. The molecular weight excluding hydrogens is 140 g/mol. The normalized spacial score (nSPS) is 11.3. The Hall–Kier alpha value is -1.14. The van der Waals surface area contributed by atoms with Crippen LogP contribution in [0, 0.1) is 0 Å². The summed E-state index contributed by atoms with van der Waals surface area (Å²) < 4.78 is 0. The third kappa shape index (κ3) is 5.01. The molecule has 0 aliphatic heterocycles. The van der Waals surface area contributed by atoms with Gasteiger partial charge in [-0.1, -0.05) is 0 Å². The first-order valence-electron chi connectivity index (χ1n) is 2.30. The van der Waals surface area contributed by atoms with Crippen LogP contribution in [0.3, 0.4) is 0 Å². The quantitative estimate of drug-likeness (QED) is 0.433. The molecule has 10 heavy (non-hydrogen) atoms. The Kier molecular flexibility index (Phi) is 5.48. The third-order valence-electron chi connectivity index (χ3n) is 0.738. The van der Waals surface area contributed by atoms with E-state index < -0.39 is 17.9 Å². The van der Waals surface area contributed by atoms with Crippen LogP contribution in [0.15, 0.2) is 0 Å². The van der Waals surface area contributed by atoms with E-state index in [1.807, 2.05) is 0 Å². The fourth-order valence-electron chi connectivity index (χ4n) is 0.304. The third-order valence-corrected chi connectivity index (χ3v) is 0.738. The number of hydrogen-bond acceptors (Lipinski definition) is 3. The molecule has 0 aliphatic rings. The van der Waals surface area contributed by atoms with Gasteiger partial charge in [0.1, 0.15) is 6.04 Å². The molecule has 0 rings (SSSR count). The first-order chi connectivity index (χ1) is 4.04. The Morgan fingerprint density at radius 2 is 1.90 bits per heavy atom. The summed E-state index contributed by atoms with van der Waals surface area (Å²) in [6.45, 7) is 0. The summed E-state index contributed by atoms with van der Waals surface area (Å²) in [7, 11) is 0. The lowest BCUT2D eigenvalue weighted by Crippen LogP contribution is -2.34. The van der Waals surface area contributed by atoms with Crippen molar-refractivity contribution in [2.24, 2.45) is 11.5 Å². The van der Waals surface area contributed by atoms with Crippen LogP contribution in [0.1, 0.15) is 6.42 Å². The second-order valence-corrected chi connectivity index (χ2v) is 1.62. The maximum Gasteiger partial charge on any atom is 0.321 e. The number of carbonyl (C=O) groups is 2. The molecule has 0 spiro atoms. The summed E-state index contributed by atoms with van der Waals surface area (Å²) in [6, 6.07) is -1.16. The molecule has 0 fully saturated rings. The molecule has 1 amide bonds. The zero-order valence-corrected chi connectivity index (χ0v) is 5.11. The minimum Gasteiger partial charge on any atom is -0.480 e. The molecule has 0 aromatic carbocycles. The lowest BCUT2D eigenvalue weighted by molar-refractivity contribution is -0.140. The topological polar surface area (TPSA) is 135 Å². The van der Waals surface area contributed by atoms with E-state index in [-0.39, 0.29) is 11.9 Å². The molecule has 0 unspecified atom stereocenters. The number of rotatable bonds is 3. The predicted octanol–water partition coefficient (Wildman–Crippen LogP) is -1.85. The highest BCUT2D eigenvalue weighted by Crippen LogP contribution is 1.84. The van der Waals surface area contributed by atoms with Gasteiger partial charge >= 0.3 is 5.97 Å². The highest BCUT2D eigenvalue weighted by molar-refractivity contribution is 5.82. The Morgan fingerprint density at radius 1 is 1.50 bits per heavy atom. The fraction of sp³-hybridized carbons (Fsp3) is 0.500. The van der Waals surface area contributed by atoms with Gasteiger partial charge in [-0.2, -0.15) is 0 Å². The second-order valence-electron chi connectivity index (χ2n) is 1.62. The molecule has 0 aliphatic carbocycles. The van der Waals surface area contributed by atoms with Crippen LogP contribution in [0.25, 0.3) is 0 Å². The van der Waals surface area contributed by atoms with Crippen LogP contribution in [-0.2, 0) is 15.1 Å². The average Bonchev–Trinajstić information content (AvgIpc) is 1.63. The molecule has 0 saturated heterocycles. The maximum absolute atomic E-state index is 9.99. The Bertz CT molecular complexity index is 135. The molecule has 0 heterocycles. The van der Waals surface area contributed by atoms with E-state index in [0.29, 0.717) is 0 Å². The minimum absolute atomic E-state index is 0. The van der Waals surface area contributed by atoms with E-state index in [1.165, 1.54) is 0 Å². The van der Waals surface area contributed by atoms with E-state index in [0.717, 1.165) is 0 Å². The predicted molar refractivity (Wildman–Crippen MR) is 30.1 cm³/mol. The van der Waals surface area contributed by atoms with Crippen LogP contribution in [0.4, 0.5) is 0 Å². The Labute approximate surface area is 57.1 Å². The molecule has 0 aromatic rings. The molecule has 58 valence electrons. The van der Waals surface area contributed by atoms with Gasteiger partial charge in [0.2, 0.25) is 5.91 Å². The SMILES string of the molecule is NC(=O)C[C@H](N)C(=O)O.[O]. The van der Waals surface area contributed by atoms with E-state index >= 15 is 0 Å².